The second kappa shape index (κ2) is 10.8. The van der Waals surface area contributed by atoms with Gasteiger partial charge in [0.25, 0.3) is 5.91 Å². The molecule has 1 aliphatic rings. The first-order valence-corrected chi connectivity index (χ1v) is 11.2. The lowest BCUT2D eigenvalue weighted by atomic mass is 10.1. The molecule has 1 saturated heterocycles. The van der Waals surface area contributed by atoms with Crippen molar-refractivity contribution in [1.29, 1.82) is 0 Å². The number of carbonyl (C=O) groups excluding carboxylic acids is 2. The van der Waals surface area contributed by atoms with Crippen molar-refractivity contribution < 1.29 is 23.5 Å². The summed E-state index contributed by atoms with van der Waals surface area (Å²) in [4.78, 5) is 29.5. The number of hydrogen-bond acceptors (Lipinski definition) is 4. The number of para-hydroxylation sites is 1. The predicted octanol–water partition coefficient (Wildman–Crippen LogP) is 3.94. The topological polar surface area (TPSA) is 59.1 Å². The van der Waals surface area contributed by atoms with E-state index in [1.807, 2.05) is 30.3 Å². The molecule has 0 aliphatic carbocycles. The van der Waals surface area contributed by atoms with E-state index in [4.69, 9.17) is 9.47 Å². The van der Waals surface area contributed by atoms with Gasteiger partial charge in [0.05, 0.1) is 19.1 Å². The summed E-state index contributed by atoms with van der Waals surface area (Å²) in [6.07, 6.45) is 0.297. The molecular formula is C27H27FN2O4. The van der Waals surface area contributed by atoms with Gasteiger partial charge in [-0.3, -0.25) is 9.59 Å². The van der Waals surface area contributed by atoms with E-state index in [0.717, 1.165) is 16.9 Å². The molecule has 0 unspecified atom stereocenters. The monoisotopic (exact) mass is 462 g/mol. The molecule has 6 nitrogen and oxygen atoms in total. The zero-order valence-corrected chi connectivity index (χ0v) is 19.1. The molecule has 0 atom stereocenters. The molecule has 2 amide bonds. The number of halogens is 1. The van der Waals surface area contributed by atoms with Crippen molar-refractivity contribution in [1.82, 2.24) is 9.80 Å². The Labute approximate surface area is 198 Å². The zero-order valence-electron chi connectivity index (χ0n) is 19.1. The highest BCUT2D eigenvalue weighted by molar-refractivity contribution is 5.97. The van der Waals surface area contributed by atoms with Crippen LogP contribution in [0.1, 0.15) is 21.5 Å². The van der Waals surface area contributed by atoms with Crippen LogP contribution in [-0.2, 0) is 17.8 Å². The molecule has 0 spiro atoms. The minimum Gasteiger partial charge on any atom is -0.497 e. The SMILES string of the molecule is COc1cccc(CC(=O)N2CCN(C(=O)c3ccccc3OCc3ccc(F)cc3)CC2)c1. The number of rotatable bonds is 7. The number of benzene rings is 3. The molecule has 4 rings (SSSR count). The van der Waals surface area contributed by atoms with Gasteiger partial charge in [-0.1, -0.05) is 36.4 Å². The van der Waals surface area contributed by atoms with Crippen LogP contribution in [0, 0.1) is 5.82 Å². The quantitative estimate of drug-likeness (QED) is 0.534. The summed E-state index contributed by atoms with van der Waals surface area (Å²) < 4.78 is 24.2. The summed E-state index contributed by atoms with van der Waals surface area (Å²) in [5.74, 6) is 0.799. The van der Waals surface area contributed by atoms with E-state index >= 15 is 0 Å². The third-order valence-electron chi connectivity index (χ3n) is 5.83. The van der Waals surface area contributed by atoms with Crippen molar-refractivity contribution in [2.75, 3.05) is 33.3 Å². The van der Waals surface area contributed by atoms with Gasteiger partial charge in [0.15, 0.2) is 0 Å². The van der Waals surface area contributed by atoms with Gasteiger partial charge in [-0.25, -0.2) is 4.39 Å². The molecule has 3 aromatic carbocycles. The smallest absolute Gasteiger partial charge is 0.257 e. The maximum absolute atomic E-state index is 13.2. The summed E-state index contributed by atoms with van der Waals surface area (Å²) in [7, 11) is 1.60. The third-order valence-corrected chi connectivity index (χ3v) is 5.83. The molecule has 1 heterocycles. The van der Waals surface area contributed by atoms with Gasteiger partial charge in [0.1, 0.15) is 23.9 Å². The molecule has 3 aromatic rings. The molecule has 7 heteroatoms. The van der Waals surface area contributed by atoms with Crippen LogP contribution in [0.3, 0.4) is 0 Å². The summed E-state index contributed by atoms with van der Waals surface area (Å²) in [5, 5.41) is 0. The molecule has 0 radical (unpaired) electrons. The predicted molar refractivity (Wildman–Crippen MR) is 126 cm³/mol. The molecule has 1 aliphatic heterocycles. The second-order valence-corrected chi connectivity index (χ2v) is 8.11. The van der Waals surface area contributed by atoms with E-state index in [9.17, 15) is 14.0 Å². The minimum atomic E-state index is -0.305. The standard InChI is InChI=1S/C27H27FN2O4/c1-33-23-6-4-5-21(17-23)18-26(31)29-13-15-30(16-14-29)27(32)24-7-2-3-8-25(24)34-19-20-9-11-22(28)12-10-20/h2-12,17H,13-16,18-19H2,1H3. The number of carbonyl (C=O) groups is 2. The molecule has 176 valence electrons. The summed E-state index contributed by atoms with van der Waals surface area (Å²) in [6, 6.07) is 20.7. The highest BCUT2D eigenvalue weighted by Crippen LogP contribution is 2.22. The second-order valence-electron chi connectivity index (χ2n) is 8.11. The average Bonchev–Trinajstić information content (AvgIpc) is 2.88. The number of nitrogens with zero attached hydrogens (tertiary/aromatic N) is 2. The van der Waals surface area contributed by atoms with E-state index < -0.39 is 0 Å². The van der Waals surface area contributed by atoms with Gasteiger partial charge >= 0.3 is 0 Å². The Hall–Kier alpha value is -3.87. The van der Waals surface area contributed by atoms with Crippen LogP contribution in [0.15, 0.2) is 72.8 Å². The van der Waals surface area contributed by atoms with Gasteiger partial charge in [-0.05, 0) is 47.5 Å². The van der Waals surface area contributed by atoms with E-state index in [2.05, 4.69) is 0 Å². The molecule has 0 N–H and O–H groups in total. The van der Waals surface area contributed by atoms with Crippen LogP contribution in [0.25, 0.3) is 0 Å². The highest BCUT2D eigenvalue weighted by atomic mass is 19.1. The first kappa shape index (κ1) is 23.3. The lowest BCUT2D eigenvalue weighted by Crippen LogP contribution is -2.51. The molecular weight excluding hydrogens is 435 g/mol. The van der Waals surface area contributed by atoms with Crippen molar-refractivity contribution in [3.05, 3.63) is 95.3 Å². The fourth-order valence-electron chi connectivity index (χ4n) is 3.91. The fraction of sp³-hybridized carbons (Fsp3) is 0.259. The minimum absolute atomic E-state index is 0.0309. The Bertz CT molecular complexity index is 1140. The average molecular weight is 463 g/mol. The zero-order chi connectivity index (χ0) is 23.9. The lowest BCUT2D eigenvalue weighted by molar-refractivity contribution is -0.131. The third kappa shape index (κ3) is 5.73. The summed E-state index contributed by atoms with van der Waals surface area (Å²) in [6.45, 7) is 2.10. The maximum atomic E-state index is 13.2. The Morgan fingerprint density at radius 1 is 0.853 bits per heavy atom. The maximum Gasteiger partial charge on any atom is 0.257 e. The van der Waals surface area contributed by atoms with Gasteiger partial charge in [-0.15, -0.1) is 0 Å². The van der Waals surface area contributed by atoms with E-state index in [1.54, 1.807) is 47.2 Å². The van der Waals surface area contributed by atoms with E-state index in [0.29, 0.717) is 43.9 Å². The Morgan fingerprint density at radius 2 is 1.56 bits per heavy atom. The lowest BCUT2D eigenvalue weighted by Gasteiger charge is -2.35. The van der Waals surface area contributed by atoms with Gasteiger partial charge < -0.3 is 19.3 Å². The number of methoxy groups -OCH3 is 1. The van der Waals surface area contributed by atoms with Crippen LogP contribution >= 0.6 is 0 Å². The summed E-state index contributed by atoms with van der Waals surface area (Å²) >= 11 is 0. The molecule has 0 aromatic heterocycles. The number of piperazine rings is 1. The van der Waals surface area contributed by atoms with Crippen molar-refractivity contribution in [2.45, 2.75) is 13.0 Å². The van der Waals surface area contributed by atoms with E-state index in [1.165, 1.54) is 12.1 Å². The van der Waals surface area contributed by atoms with Crippen LogP contribution < -0.4 is 9.47 Å². The summed E-state index contributed by atoms with van der Waals surface area (Å²) in [5.41, 5.74) is 2.18. The number of ether oxygens (including phenoxy) is 2. The van der Waals surface area contributed by atoms with Crippen LogP contribution in [-0.4, -0.2) is 54.9 Å². The van der Waals surface area contributed by atoms with Crippen molar-refractivity contribution in [2.24, 2.45) is 0 Å². The van der Waals surface area contributed by atoms with Crippen LogP contribution in [0.4, 0.5) is 4.39 Å². The fourth-order valence-corrected chi connectivity index (χ4v) is 3.91. The first-order chi connectivity index (χ1) is 16.5. The first-order valence-electron chi connectivity index (χ1n) is 11.2. The van der Waals surface area contributed by atoms with Crippen molar-refractivity contribution in [3.8, 4) is 11.5 Å². The van der Waals surface area contributed by atoms with Crippen LogP contribution in [0.5, 0.6) is 11.5 Å². The van der Waals surface area contributed by atoms with Gasteiger partial charge in [-0.2, -0.15) is 0 Å². The Balaban J connectivity index is 1.34. The number of amides is 2. The van der Waals surface area contributed by atoms with Gasteiger partial charge in [0, 0.05) is 26.2 Å². The Morgan fingerprint density at radius 3 is 2.29 bits per heavy atom. The number of hydrogen-bond donors (Lipinski definition) is 0. The normalized spacial score (nSPS) is 13.5. The van der Waals surface area contributed by atoms with Crippen LogP contribution in [0.2, 0.25) is 0 Å². The van der Waals surface area contributed by atoms with Crippen molar-refractivity contribution in [3.63, 3.8) is 0 Å². The molecule has 0 saturated carbocycles. The molecule has 0 bridgehead atoms. The van der Waals surface area contributed by atoms with Crippen molar-refractivity contribution >= 4 is 11.8 Å². The molecule has 34 heavy (non-hydrogen) atoms. The molecule has 1 fully saturated rings. The van der Waals surface area contributed by atoms with E-state index in [-0.39, 0.29) is 24.2 Å². The largest absolute Gasteiger partial charge is 0.497 e. The van der Waals surface area contributed by atoms with Gasteiger partial charge in [0.2, 0.25) is 5.91 Å². The highest BCUT2D eigenvalue weighted by Gasteiger charge is 2.26. The Kier molecular flexibility index (Phi) is 7.42.